The van der Waals surface area contributed by atoms with Crippen molar-refractivity contribution < 1.29 is 18.7 Å². The average Bonchev–Trinajstić information content (AvgIpc) is 3.21. The first-order valence-electron chi connectivity index (χ1n) is 9.09. The minimum Gasteiger partial charge on any atom is -0.497 e. The van der Waals surface area contributed by atoms with Crippen LogP contribution in [0.1, 0.15) is 21.8 Å². The van der Waals surface area contributed by atoms with Gasteiger partial charge < -0.3 is 13.9 Å². The van der Waals surface area contributed by atoms with Crippen molar-refractivity contribution in [3.05, 3.63) is 89.8 Å². The van der Waals surface area contributed by atoms with Crippen LogP contribution in [0.25, 0.3) is 22.7 Å². The molecule has 0 saturated carbocycles. The number of para-hydroxylation sites is 2. The quantitative estimate of drug-likeness (QED) is 0.334. The van der Waals surface area contributed by atoms with Gasteiger partial charge in [0.2, 0.25) is 5.89 Å². The zero-order chi connectivity index (χ0) is 20.2. The standard InChI is InChI=1S/C24H19NO4/c1-27-18-12-13-21(28-2)17(14-18)15-19(23(26)16-8-4-3-5-9-16)24-25-20-10-6-7-11-22(20)29-24/h3-15H,1-2H3/b19-15-. The van der Waals surface area contributed by atoms with E-state index in [1.165, 1.54) is 0 Å². The number of Topliss-reactive ketones (excluding diaryl/α,β-unsaturated/α-hetero) is 1. The highest BCUT2D eigenvalue weighted by atomic mass is 16.5. The van der Waals surface area contributed by atoms with Crippen LogP contribution in [0.15, 0.2) is 77.2 Å². The monoisotopic (exact) mass is 385 g/mol. The fourth-order valence-electron chi connectivity index (χ4n) is 3.06. The normalized spacial score (nSPS) is 11.4. The number of aromatic nitrogens is 1. The van der Waals surface area contributed by atoms with Gasteiger partial charge in [-0.3, -0.25) is 4.79 Å². The predicted molar refractivity (Wildman–Crippen MR) is 112 cm³/mol. The number of carbonyl (C=O) groups excluding carboxylic acids is 1. The Bertz CT molecular complexity index is 1160. The van der Waals surface area contributed by atoms with E-state index in [9.17, 15) is 4.79 Å². The largest absolute Gasteiger partial charge is 0.497 e. The molecule has 0 saturated heterocycles. The third-order valence-corrected chi connectivity index (χ3v) is 4.54. The zero-order valence-electron chi connectivity index (χ0n) is 16.1. The third-order valence-electron chi connectivity index (χ3n) is 4.54. The van der Waals surface area contributed by atoms with Crippen molar-refractivity contribution in [2.45, 2.75) is 0 Å². The Hall–Kier alpha value is -3.86. The van der Waals surface area contributed by atoms with Crippen LogP contribution >= 0.6 is 0 Å². The van der Waals surface area contributed by atoms with Gasteiger partial charge in [0.05, 0.1) is 19.8 Å². The molecular formula is C24H19NO4. The minimum atomic E-state index is -0.193. The Morgan fingerprint density at radius 1 is 0.931 bits per heavy atom. The molecule has 1 heterocycles. The number of carbonyl (C=O) groups is 1. The summed E-state index contributed by atoms with van der Waals surface area (Å²) in [4.78, 5) is 17.9. The van der Waals surface area contributed by atoms with Gasteiger partial charge in [-0.2, -0.15) is 0 Å². The summed E-state index contributed by atoms with van der Waals surface area (Å²) in [5.74, 6) is 1.33. The number of oxazole rings is 1. The Balaban J connectivity index is 1.91. The van der Waals surface area contributed by atoms with Gasteiger partial charge in [0.1, 0.15) is 17.0 Å². The lowest BCUT2D eigenvalue weighted by atomic mass is 10.0. The molecule has 4 aromatic rings. The molecule has 0 amide bonds. The van der Waals surface area contributed by atoms with E-state index in [0.29, 0.717) is 39.3 Å². The summed E-state index contributed by atoms with van der Waals surface area (Å²) in [6.45, 7) is 0. The zero-order valence-corrected chi connectivity index (χ0v) is 16.1. The number of fused-ring (bicyclic) bond motifs is 1. The number of ketones is 1. The maximum absolute atomic E-state index is 13.3. The van der Waals surface area contributed by atoms with E-state index in [2.05, 4.69) is 4.98 Å². The molecule has 0 aliphatic carbocycles. The summed E-state index contributed by atoms with van der Waals surface area (Å²) in [6, 6.07) is 21.9. The molecule has 5 nitrogen and oxygen atoms in total. The summed E-state index contributed by atoms with van der Waals surface area (Å²) < 4.78 is 16.7. The minimum absolute atomic E-state index is 0.193. The van der Waals surface area contributed by atoms with Crippen LogP contribution < -0.4 is 9.47 Å². The average molecular weight is 385 g/mol. The van der Waals surface area contributed by atoms with E-state index in [1.807, 2.05) is 42.5 Å². The van der Waals surface area contributed by atoms with Crippen LogP contribution in [0.4, 0.5) is 0 Å². The van der Waals surface area contributed by atoms with E-state index >= 15 is 0 Å². The molecule has 0 aliphatic rings. The van der Waals surface area contributed by atoms with E-state index in [1.54, 1.807) is 50.6 Å². The van der Waals surface area contributed by atoms with Crippen LogP contribution in [0.2, 0.25) is 0 Å². The summed E-state index contributed by atoms with van der Waals surface area (Å²) in [6.07, 6.45) is 1.72. The Morgan fingerprint density at radius 3 is 2.41 bits per heavy atom. The number of hydrogen-bond donors (Lipinski definition) is 0. The molecule has 4 rings (SSSR count). The van der Waals surface area contributed by atoms with Gasteiger partial charge in [-0.1, -0.05) is 42.5 Å². The molecule has 0 fully saturated rings. The van der Waals surface area contributed by atoms with E-state index in [-0.39, 0.29) is 11.7 Å². The van der Waals surface area contributed by atoms with Gasteiger partial charge in [-0.15, -0.1) is 0 Å². The molecular weight excluding hydrogens is 366 g/mol. The second kappa shape index (κ2) is 8.02. The molecule has 29 heavy (non-hydrogen) atoms. The van der Waals surface area contributed by atoms with Gasteiger partial charge in [-0.25, -0.2) is 4.98 Å². The van der Waals surface area contributed by atoms with Crippen LogP contribution in [0, 0.1) is 0 Å². The number of hydrogen-bond acceptors (Lipinski definition) is 5. The van der Waals surface area contributed by atoms with Crippen LogP contribution in [-0.4, -0.2) is 25.0 Å². The van der Waals surface area contributed by atoms with Crippen molar-refractivity contribution in [1.82, 2.24) is 4.98 Å². The smallest absolute Gasteiger partial charge is 0.231 e. The number of rotatable bonds is 6. The first-order valence-corrected chi connectivity index (χ1v) is 9.09. The fourth-order valence-corrected chi connectivity index (χ4v) is 3.06. The third kappa shape index (κ3) is 3.75. The highest BCUT2D eigenvalue weighted by Gasteiger charge is 2.21. The first kappa shape index (κ1) is 18.5. The molecule has 0 bridgehead atoms. The highest BCUT2D eigenvalue weighted by Crippen LogP contribution is 2.31. The highest BCUT2D eigenvalue weighted by molar-refractivity contribution is 6.31. The van der Waals surface area contributed by atoms with E-state index < -0.39 is 0 Å². The van der Waals surface area contributed by atoms with Crippen LogP contribution in [0.5, 0.6) is 11.5 Å². The molecule has 0 atom stereocenters. The van der Waals surface area contributed by atoms with E-state index in [4.69, 9.17) is 13.9 Å². The summed E-state index contributed by atoms with van der Waals surface area (Å²) in [7, 11) is 3.17. The second-order valence-corrected chi connectivity index (χ2v) is 6.35. The number of allylic oxidation sites excluding steroid dienone is 1. The number of methoxy groups -OCH3 is 2. The lowest BCUT2D eigenvalue weighted by Gasteiger charge is -2.09. The van der Waals surface area contributed by atoms with Gasteiger partial charge in [-0.05, 0) is 36.4 Å². The molecule has 144 valence electrons. The molecule has 1 aromatic heterocycles. The van der Waals surface area contributed by atoms with Gasteiger partial charge in [0.25, 0.3) is 0 Å². The number of nitrogens with zero attached hydrogens (tertiary/aromatic N) is 1. The maximum atomic E-state index is 13.3. The van der Waals surface area contributed by atoms with Gasteiger partial charge >= 0.3 is 0 Å². The second-order valence-electron chi connectivity index (χ2n) is 6.35. The predicted octanol–water partition coefficient (Wildman–Crippen LogP) is 5.27. The number of benzene rings is 3. The van der Waals surface area contributed by atoms with Crippen LogP contribution in [-0.2, 0) is 0 Å². The van der Waals surface area contributed by atoms with E-state index in [0.717, 1.165) is 0 Å². The Morgan fingerprint density at radius 2 is 1.69 bits per heavy atom. The Kier molecular flexibility index (Phi) is 5.12. The van der Waals surface area contributed by atoms with Gasteiger partial charge in [0, 0.05) is 11.1 Å². The van der Waals surface area contributed by atoms with Crippen molar-refractivity contribution in [3.8, 4) is 11.5 Å². The lowest BCUT2D eigenvalue weighted by Crippen LogP contribution is -2.03. The van der Waals surface area contributed by atoms with Crippen molar-refractivity contribution in [2.75, 3.05) is 14.2 Å². The number of ether oxygens (including phenoxy) is 2. The topological polar surface area (TPSA) is 61.6 Å². The first-order chi connectivity index (χ1) is 14.2. The fraction of sp³-hybridized carbons (Fsp3) is 0.0833. The molecule has 0 N–H and O–H groups in total. The van der Waals surface area contributed by atoms with Crippen molar-refractivity contribution >= 4 is 28.5 Å². The Labute approximate surface area is 168 Å². The molecule has 5 heteroatoms. The molecule has 3 aromatic carbocycles. The van der Waals surface area contributed by atoms with Crippen molar-refractivity contribution in [1.29, 1.82) is 0 Å². The summed E-state index contributed by atoms with van der Waals surface area (Å²) in [5, 5.41) is 0. The van der Waals surface area contributed by atoms with Crippen LogP contribution in [0.3, 0.4) is 0 Å². The SMILES string of the molecule is COc1ccc(OC)c(/C=C(/C(=O)c2ccccc2)c2nc3ccccc3o2)c1. The lowest BCUT2D eigenvalue weighted by molar-refractivity contribution is 0.105. The maximum Gasteiger partial charge on any atom is 0.231 e. The molecule has 0 spiro atoms. The van der Waals surface area contributed by atoms with Crippen molar-refractivity contribution in [2.24, 2.45) is 0 Å². The summed E-state index contributed by atoms with van der Waals surface area (Å²) >= 11 is 0. The molecule has 0 radical (unpaired) electrons. The van der Waals surface area contributed by atoms with Gasteiger partial charge in [0.15, 0.2) is 11.4 Å². The van der Waals surface area contributed by atoms with Crippen molar-refractivity contribution in [3.63, 3.8) is 0 Å². The molecule has 0 unspecified atom stereocenters. The summed E-state index contributed by atoms with van der Waals surface area (Å²) in [5.41, 5.74) is 2.87. The molecule has 0 aliphatic heterocycles.